The van der Waals surface area contributed by atoms with E-state index in [1.54, 1.807) is 6.07 Å². The first-order valence-corrected chi connectivity index (χ1v) is 7.56. The van der Waals surface area contributed by atoms with E-state index in [0.717, 1.165) is 19.2 Å². The average Bonchev–Trinajstić information content (AvgIpc) is 3.27. The highest BCUT2D eigenvalue weighted by molar-refractivity contribution is 5.83. The maximum atomic E-state index is 12.8. The first-order valence-electron chi connectivity index (χ1n) is 7.56. The van der Waals surface area contributed by atoms with Gasteiger partial charge in [0.25, 0.3) is 0 Å². The number of nitrogens with zero attached hydrogens (tertiary/aromatic N) is 1. The van der Waals surface area contributed by atoms with Crippen molar-refractivity contribution in [1.82, 2.24) is 10.2 Å². The van der Waals surface area contributed by atoms with Gasteiger partial charge in [-0.1, -0.05) is 18.2 Å². The number of halogens is 3. The van der Waals surface area contributed by atoms with Gasteiger partial charge >= 0.3 is 6.18 Å². The van der Waals surface area contributed by atoms with Crippen LogP contribution in [0.2, 0.25) is 0 Å². The molecule has 22 heavy (non-hydrogen) atoms. The van der Waals surface area contributed by atoms with Crippen molar-refractivity contribution >= 4 is 5.91 Å². The lowest BCUT2D eigenvalue weighted by Gasteiger charge is -2.34. The lowest BCUT2D eigenvalue weighted by molar-refractivity contribution is -0.137. The summed E-state index contributed by atoms with van der Waals surface area (Å²) >= 11 is 0. The summed E-state index contributed by atoms with van der Waals surface area (Å²) in [5.41, 5.74) is -0.0189. The van der Waals surface area contributed by atoms with Crippen molar-refractivity contribution < 1.29 is 18.0 Å². The molecule has 1 heterocycles. The van der Waals surface area contributed by atoms with E-state index in [2.05, 4.69) is 5.32 Å². The van der Waals surface area contributed by atoms with E-state index in [0.29, 0.717) is 18.5 Å². The second-order valence-corrected chi connectivity index (χ2v) is 6.16. The van der Waals surface area contributed by atoms with Crippen molar-refractivity contribution in [2.45, 2.75) is 31.5 Å². The van der Waals surface area contributed by atoms with Crippen LogP contribution in [-0.4, -0.2) is 36.5 Å². The highest BCUT2D eigenvalue weighted by atomic mass is 19.4. The van der Waals surface area contributed by atoms with Crippen molar-refractivity contribution in [3.8, 4) is 0 Å². The van der Waals surface area contributed by atoms with E-state index in [1.807, 2.05) is 11.8 Å². The topological polar surface area (TPSA) is 32.3 Å². The van der Waals surface area contributed by atoms with Crippen LogP contribution in [0.15, 0.2) is 24.3 Å². The molecule has 2 fully saturated rings. The first kappa shape index (κ1) is 15.3. The number of rotatable bonds is 2. The number of nitrogens with one attached hydrogen (secondary N) is 1. The van der Waals surface area contributed by atoms with E-state index in [9.17, 15) is 18.0 Å². The summed E-state index contributed by atoms with van der Waals surface area (Å²) in [6.45, 7) is 4.21. The van der Waals surface area contributed by atoms with Gasteiger partial charge < -0.3 is 10.2 Å². The Bertz CT molecular complexity index is 573. The fourth-order valence-electron chi connectivity index (χ4n) is 3.16. The molecule has 1 saturated carbocycles. The number of hydrogen-bond donors (Lipinski definition) is 1. The summed E-state index contributed by atoms with van der Waals surface area (Å²) in [5, 5.41) is 3.23. The van der Waals surface area contributed by atoms with Crippen LogP contribution in [0.4, 0.5) is 13.2 Å². The molecule has 3 atom stereocenters. The summed E-state index contributed by atoms with van der Waals surface area (Å²) in [7, 11) is 0. The fourth-order valence-corrected chi connectivity index (χ4v) is 3.16. The SMILES string of the molecule is C[C@H]1CNCCN1C(=O)C1CC1c1cccc(C(F)(F)F)c1. The Morgan fingerprint density at radius 3 is 2.82 bits per heavy atom. The molecule has 1 amide bonds. The van der Waals surface area contributed by atoms with Crippen LogP contribution >= 0.6 is 0 Å². The molecule has 1 aliphatic carbocycles. The highest BCUT2D eigenvalue weighted by Crippen LogP contribution is 2.49. The van der Waals surface area contributed by atoms with Gasteiger partial charge in [-0.25, -0.2) is 0 Å². The molecule has 3 nitrogen and oxygen atoms in total. The lowest BCUT2D eigenvalue weighted by atomic mass is 10.0. The number of carbonyl (C=O) groups is 1. The number of benzene rings is 1. The minimum atomic E-state index is -4.34. The van der Waals surface area contributed by atoms with Crippen molar-refractivity contribution in [3.05, 3.63) is 35.4 Å². The van der Waals surface area contributed by atoms with E-state index in [-0.39, 0.29) is 23.8 Å². The van der Waals surface area contributed by atoms with Gasteiger partial charge in [0.05, 0.1) is 5.56 Å². The van der Waals surface area contributed by atoms with Gasteiger partial charge in [0.1, 0.15) is 0 Å². The van der Waals surface area contributed by atoms with Crippen LogP contribution in [-0.2, 0) is 11.0 Å². The second-order valence-electron chi connectivity index (χ2n) is 6.16. The monoisotopic (exact) mass is 312 g/mol. The predicted molar refractivity (Wildman–Crippen MR) is 76.3 cm³/mol. The van der Waals surface area contributed by atoms with Crippen LogP contribution < -0.4 is 5.32 Å². The van der Waals surface area contributed by atoms with E-state index >= 15 is 0 Å². The highest BCUT2D eigenvalue weighted by Gasteiger charge is 2.47. The van der Waals surface area contributed by atoms with E-state index in [1.165, 1.54) is 12.1 Å². The number of carbonyl (C=O) groups excluding carboxylic acids is 1. The van der Waals surface area contributed by atoms with Crippen LogP contribution in [0.25, 0.3) is 0 Å². The average molecular weight is 312 g/mol. The van der Waals surface area contributed by atoms with Crippen LogP contribution in [0.3, 0.4) is 0 Å². The number of hydrogen-bond acceptors (Lipinski definition) is 2. The van der Waals surface area contributed by atoms with E-state index in [4.69, 9.17) is 0 Å². The second kappa shape index (κ2) is 5.57. The van der Waals surface area contributed by atoms with Gasteiger partial charge in [0.2, 0.25) is 5.91 Å². The molecular weight excluding hydrogens is 293 g/mol. The number of piperazine rings is 1. The molecule has 0 bridgehead atoms. The smallest absolute Gasteiger partial charge is 0.337 e. The van der Waals surface area contributed by atoms with Gasteiger partial charge in [-0.05, 0) is 30.9 Å². The third kappa shape index (κ3) is 2.97. The van der Waals surface area contributed by atoms with Crippen LogP contribution in [0, 0.1) is 5.92 Å². The van der Waals surface area contributed by atoms with Gasteiger partial charge in [0.15, 0.2) is 0 Å². The minimum absolute atomic E-state index is 0.0723. The molecule has 0 aromatic heterocycles. The quantitative estimate of drug-likeness (QED) is 0.910. The van der Waals surface area contributed by atoms with Crippen molar-refractivity contribution in [2.24, 2.45) is 5.92 Å². The molecule has 0 spiro atoms. The van der Waals surface area contributed by atoms with Crippen molar-refractivity contribution in [3.63, 3.8) is 0 Å². The van der Waals surface area contributed by atoms with Crippen LogP contribution in [0.1, 0.15) is 30.4 Å². The lowest BCUT2D eigenvalue weighted by Crippen LogP contribution is -2.52. The molecule has 1 aliphatic heterocycles. The Kier molecular flexibility index (Phi) is 3.89. The molecule has 0 radical (unpaired) electrons. The largest absolute Gasteiger partial charge is 0.416 e. The zero-order valence-corrected chi connectivity index (χ0v) is 12.4. The summed E-state index contributed by atoms with van der Waals surface area (Å²) < 4.78 is 38.3. The molecule has 2 unspecified atom stereocenters. The predicted octanol–water partition coefficient (Wildman–Crippen LogP) is 2.63. The molecule has 6 heteroatoms. The third-order valence-corrected chi connectivity index (χ3v) is 4.53. The molecule has 1 N–H and O–H groups in total. The number of alkyl halides is 3. The summed E-state index contributed by atoms with van der Waals surface area (Å²) in [5.74, 6) is -0.155. The standard InChI is InChI=1S/C16H19F3N2O/c1-10-9-20-5-6-21(10)15(22)14-8-13(14)11-3-2-4-12(7-11)16(17,18)19/h2-4,7,10,13-14,20H,5-6,8-9H2,1H3/t10-,13?,14?/m0/s1. The maximum absolute atomic E-state index is 12.8. The molecule has 120 valence electrons. The van der Waals surface area contributed by atoms with Gasteiger partial charge in [-0.2, -0.15) is 13.2 Å². The fraction of sp³-hybridized carbons (Fsp3) is 0.562. The molecule has 3 rings (SSSR count). The minimum Gasteiger partial charge on any atom is -0.337 e. The van der Waals surface area contributed by atoms with Crippen molar-refractivity contribution in [1.29, 1.82) is 0 Å². The van der Waals surface area contributed by atoms with E-state index < -0.39 is 11.7 Å². The molecule has 1 aromatic carbocycles. The van der Waals surface area contributed by atoms with Gasteiger partial charge in [0, 0.05) is 31.6 Å². The summed E-state index contributed by atoms with van der Waals surface area (Å²) in [6, 6.07) is 5.50. The molecule has 1 aromatic rings. The third-order valence-electron chi connectivity index (χ3n) is 4.53. The Morgan fingerprint density at radius 2 is 2.14 bits per heavy atom. The first-order chi connectivity index (χ1) is 10.4. The van der Waals surface area contributed by atoms with Crippen LogP contribution in [0.5, 0.6) is 0 Å². The normalized spacial score (nSPS) is 28.5. The summed E-state index contributed by atoms with van der Waals surface area (Å²) in [6.07, 6.45) is -3.69. The Hall–Kier alpha value is -1.56. The van der Waals surface area contributed by atoms with Crippen molar-refractivity contribution in [2.75, 3.05) is 19.6 Å². The molecule has 1 saturated heterocycles. The number of amides is 1. The zero-order valence-electron chi connectivity index (χ0n) is 12.4. The Balaban J connectivity index is 1.70. The maximum Gasteiger partial charge on any atom is 0.416 e. The zero-order chi connectivity index (χ0) is 15.9. The van der Waals surface area contributed by atoms with Gasteiger partial charge in [-0.3, -0.25) is 4.79 Å². The Labute approximate surface area is 127 Å². The molecular formula is C16H19F3N2O. The van der Waals surface area contributed by atoms with Gasteiger partial charge in [-0.15, -0.1) is 0 Å². The Morgan fingerprint density at radius 1 is 1.36 bits per heavy atom. The summed E-state index contributed by atoms with van der Waals surface area (Å²) in [4.78, 5) is 14.4. The molecule has 2 aliphatic rings.